The largest absolute Gasteiger partial charge is 0.507 e. The molecule has 0 aromatic heterocycles. The number of aliphatic hydroxyl groups excluding tert-OH is 1. The maximum absolute atomic E-state index is 11.3. The summed E-state index contributed by atoms with van der Waals surface area (Å²) in [5.41, 5.74) is 6.63. The van der Waals surface area contributed by atoms with Crippen molar-refractivity contribution >= 4 is 5.91 Å². The fourth-order valence-electron chi connectivity index (χ4n) is 2.51. The Morgan fingerprint density at radius 2 is 2.00 bits per heavy atom. The first-order valence-corrected chi connectivity index (χ1v) is 8.01. The number of nitrogens with two attached hydrogens (primary N) is 1. The average Bonchev–Trinajstić information content (AvgIpc) is 2.62. The van der Waals surface area contributed by atoms with Crippen molar-refractivity contribution in [2.24, 2.45) is 5.73 Å². The number of nitrogens with one attached hydrogen (secondary N) is 1. The van der Waals surface area contributed by atoms with Gasteiger partial charge in [0.1, 0.15) is 12.9 Å². The van der Waals surface area contributed by atoms with Gasteiger partial charge in [-0.05, 0) is 48.7 Å². The Balaban J connectivity index is 2.00. The predicted octanol–water partition coefficient (Wildman–Crippen LogP) is 1.75. The van der Waals surface area contributed by atoms with E-state index in [1.165, 1.54) is 23.5 Å². The SMILES string of the molecule is [2H]N(CC(O)c1ccc(O)c(C(N)=O)c1)C(C)Cc1ccc(OC)cc1. The Kier molecular flexibility index (Phi) is 5.87. The lowest BCUT2D eigenvalue weighted by molar-refractivity contribution is 0.0997. The van der Waals surface area contributed by atoms with E-state index in [4.69, 9.17) is 11.9 Å². The maximum atomic E-state index is 11.3. The summed E-state index contributed by atoms with van der Waals surface area (Å²) in [7, 11) is 1.61. The molecule has 6 nitrogen and oxygen atoms in total. The summed E-state index contributed by atoms with van der Waals surface area (Å²) in [5.74, 6) is -0.228. The van der Waals surface area contributed by atoms with Gasteiger partial charge in [0.15, 0.2) is 0 Å². The lowest BCUT2D eigenvalue weighted by Crippen LogP contribution is -2.32. The second-order valence-corrected chi connectivity index (χ2v) is 5.92. The van der Waals surface area contributed by atoms with Crippen LogP contribution >= 0.6 is 0 Å². The molecular weight excluding hydrogens is 320 g/mol. The smallest absolute Gasteiger partial charge is 0.252 e. The minimum absolute atomic E-state index is 0.0515. The molecule has 1 amide bonds. The van der Waals surface area contributed by atoms with Crippen LogP contribution in [0.25, 0.3) is 0 Å². The van der Waals surface area contributed by atoms with Crippen LogP contribution in [-0.2, 0) is 6.42 Å². The van der Waals surface area contributed by atoms with Crippen LogP contribution in [-0.4, -0.2) is 35.8 Å². The molecule has 0 aliphatic heterocycles. The lowest BCUT2D eigenvalue weighted by Gasteiger charge is -2.18. The van der Waals surface area contributed by atoms with Crippen molar-refractivity contribution in [3.05, 3.63) is 59.2 Å². The fraction of sp³-hybridized carbons (Fsp3) is 0.316. The molecule has 2 aromatic carbocycles. The number of methoxy groups -OCH3 is 1. The van der Waals surface area contributed by atoms with Crippen LogP contribution in [0.1, 0.15) is 34.5 Å². The van der Waals surface area contributed by atoms with Crippen molar-refractivity contribution in [2.75, 3.05) is 13.7 Å². The van der Waals surface area contributed by atoms with Crippen LogP contribution in [0.3, 0.4) is 0 Å². The van der Waals surface area contributed by atoms with E-state index in [-0.39, 0.29) is 23.9 Å². The monoisotopic (exact) mass is 345 g/mol. The topological polar surface area (TPSA) is 105 Å². The van der Waals surface area contributed by atoms with E-state index in [2.05, 4.69) is 0 Å². The number of aromatic hydroxyl groups is 1. The van der Waals surface area contributed by atoms with E-state index in [0.717, 1.165) is 11.3 Å². The number of hydrogen-bond donors (Lipinski definition) is 4. The van der Waals surface area contributed by atoms with Gasteiger partial charge in [-0.25, -0.2) is 0 Å². The zero-order valence-electron chi connectivity index (χ0n) is 15.3. The third kappa shape index (κ3) is 5.20. The highest BCUT2D eigenvalue weighted by molar-refractivity contribution is 5.95. The number of carbonyl (C=O) groups excluding carboxylic acids is 1. The normalized spacial score (nSPS) is 14.0. The van der Waals surface area contributed by atoms with Gasteiger partial charge in [0.2, 0.25) is 0 Å². The highest BCUT2D eigenvalue weighted by Crippen LogP contribution is 2.22. The van der Waals surface area contributed by atoms with Gasteiger partial charge in [0.25, 0.3) is 5.91 Å². The third-order valence-electron chi connectivity index (χ3n) is 3.95. The Bertz CT molecular complexity index is 752. The van der Waals surface area contributed by atoms with E-state index in [9.17, 15) is 15.0 Å². The number of aliphatic hydroxyl groups is 1. The van der Waals surface area contributed by atoms with E-state index >= 15 is 0 Å². The molecule has 0 spiro atoms. The molecule has 2 atom stereocenters. The minimum atomic E-state index is -0.982. The number of phenols is 1. The third-order valence-corrected chi connectivity index (χ3v) is 3.95. The molecule has 25 heavy (non-hydrogen) atoms. The number of amides is 1. The van der Waals surface area contributed by atoms with Gasteiger partial charge >= 0.3 is 0 Å². The van der Waals surface area contributed by atoms with Gasteiger partial charge < -0.3 is 26.0 Å². The zero-order valence-corrected chi connectivity index (χ0v) is 14.3. The minimum Gasteiger partial charge on any atom is -0.507 e. The number of hydrogen-bond acceptors (Lipinski definition) is 5. The molecule has 5 N–H and O–H groups in total. The van der Waals surface area contributed by atoms with Crippen molar-refractivity contribution in [1.29, 1.82) is 0 Å². The summed E-state index contributed by atoms with van der Waals surface area (Å²) in [4.78, 5) is 11.3. The summed E-state index contributed by atoms with van der Waals surface area (Å²) in [6.45, 7) is 1.95. The summed E-state index contributed by atoms with van der Waals surface area (Å²) in [6.07, 6.45) is -0.341. The predicted molar refractivity (Wildman–Crippen MR) is 95.7 cm³/mol. The molecule has 0 aliphatic carbocycles. The molecule has 0 saturated carbocycles. The quantitative estimate of drug-likeness (QED) is 0.583. The van der Waals surface area contributed by atoms with Gasteiger partial charge in [-0.2, -0.15) is 0 Å². The van der Waals surface area contributed by atoms with Crippen molar-refractivity contribution < 1.29 is 21.2 Å². The van der Waals surface area contributed by atoms with E-state index in [0.29, 0.717) is 12.0 Å². The van der Waals surface area contributed by atoms with Crippen molar-refractivity contribution in [3.8, 4) is 11.5 Å². The summed E-state index contributed by atoms with van der Waals surface area (Å²) in [5, 5.41) is 21.3. The Morgan fingerprint density at radius 3 is 2.60 bits per heavy atom. The molecule has 2 rings (SSSR count). The van der Waals surface area contributed by atoms with Gasteiger partial charge in [-0.1, -0.05) is 18.2 Å². The summed E-state index contributed by atoms with van der Waals surface area (Å²) < 4.78 is 13.3. The van der Waals surface area contributed by atoms with Gasteiger partial charge in [-0.15, -0.1) is 0 Å². The zero-order chi connectivity index (χ0) is 19.3. The molecule has 0 aliphatic rings. The van der Waals surface area contributed by atoms with Crippen LogP contribution < -0.4 is 15.8 Å². The van der Waals surface area contributed by atoms with Crippen LogP contribution in [0.4, 0.5) is 0 Å². The Hall–Kier alpha value is -2.57. The number of ether oxygens (including phenoxy) is 1. The maximum Gasteiger partial charge on any atom is 0.252 e. The van der Waals surface area contributed by atoms with Crippen LogP contribution in [0.5, 0.6) is 11.5 Å². The number of primary amides is 1. The van der Waals surface area contributed by atoms with Crippen molar-refractivity contribution in [2.45, 2.75) is 25.5 Å². The first-order valence-electron chi connectivity index (χ1n) is 8.45. The van der Waals surface area contributed by atoms with E-state index in [1.807, 2.05) is 31.2 Å². The molecule has 134 valence electrons. The molecule has 0 radical (unpaired) electrons. The number of rotatable bonds is 8. The summed E-state index contributed by atoms with van der Waals surface area (Å²) >= 11 is 0. The molecule has 2 unspecified atom stereocenters. The van der Waals surface area contributed by atoms with Gasteiger partial charge in [-0.3, -0.25) is 4.79 Å². The highest BCUT2D eigenvalue weighted by Gasteiger charge is 2.14. The van der Waals surface area contributed by atoms with Crippen LogP contribution in [0, 0.1) is 0 Å². The second-order valence-electron chi connectivity index (χ2n) is 5.92. The first-order chi connectivity index (χ1) is 12.3. The highest BCUT2D eigenvalue weighted by atomic mass is 16.5. The summed E-state index contributed by atoms with van der Waals surface area (Å²) in [6, 6.07) is 11.7. The molecule has 0 heterocycles. The molecular formula is C19H24N2O4. The van der Waals surface area contributed by atoms with Gasteiger partial charge in [0.05, 0.1) is 18.8 Å². The molecule has 0 fully saturated rings. The molecule has 6 heteroatoms. The number of benzene rings is 2. The average molecular weight is 345 g/mol. The van der Waals surface area contributed by atoms with Gasteiger partial charge in [0, 0.05) is 12.6 Å². The molecule has 2 aromatic rings. The van der Waals surface area contributed by atoms with Crippen molar-refractivity contribution in [3.63, 3.8) is 0 Å². The fourth-order valence-corrected chi connectivity index (χ4v) is 2.51. The Morgan fingerprint density at radius 1 is 1.32 bits per heavy atom. The van der Waals surface area contributed by atoms with E-state index < -0.39 is 12.0 Å². The standard InChI is InChI=1S/C19H24N2O4/c1-12(9-13-3-6-15(25-2)7-4-13)21-11-18(23)14-5-8-17(22)16(10-14)19(20)24/h3-8,10,12,18,21-23H,9,11H2,1-2H3,(H2,20,24)/i/hD. The Labute approximate surface area is 148 Å². The van der Waals surface area contributed by atoms with E-state index in [1.54, 1.807) is 7.11 Å². The van der Waals surface area contributed by atoms with Crippen molar-refractivity contribution in [1.82, 2.24) is 5.31 Å². The number of carbonyl (C=O) groups is 1. The first kappa shape index (κ1) is 17.3. The van der Waals surface area contributed by atoms with Crippen LogP contribution in [0.15, 0.2) is 42.5 Å². The molecule has 0 saturated heterocycles. The van der Waals surface area contributed by atoms with Crippen LogP contribution in [0.2, 0.25) is 1.41 Å². The second kappa shape index (κ2) is 8.50. The molecule has 0 bridgehead atoms. The lowest BCUT2D eigenvalue weighted by atomic mass is 10.0.